The number of benzene rings is 1. The molecule has 4 aromatic heterocycles. The Morgan fingerprint density at radius 3 is 1.23 bits per heavy atom. The van der Waals surface area contributed by atoms with Crippen LogP contribution in [0.4, 0.5) is 0 Å². The predicted molar refractivity (Wildman–Crippen MR) is 154 cm³/mol. The number of pyridine rings is 4. The minimum Gasteiger partial charge on any atom is -0.208 e. The van der Waals surface area contributed by atoms with Crippen molar-refractivity contribution < 1.29 is 18.3 Å². The van der Waals surface area contributed by atoms with Crippen molar-refractivity contribution in [2.75, 3.05) is 0 Å². The first-order valence-corrected chi connectivity index (χ1v) is 14.2. The molecule has 0 aliphatic rings. The van der Waals surface area contributed by atoms with E-state index in [4.69, 9.17) is 0 Å². The number of aromatic nitrogens is 4. The third-order valence-electron chi connectivity index (χ3n) is 7.34. The van der Waals surface area contributed by atoms with Crippen molar-refractivity contribution in [3.63, 3.8) is 0 Å². The predicted octanol–water partition coefficient (Wildman–Crippen LogP) is 5.38. The molecular weight excluding hydrogens is 476 g/mol. The molecule has 39 heavy (non-hydrogen) atoms. The lowest BCUT2D eigenvalue weighted by Gasteiger charge is -2.04. The van der Waals surface area contributed by atoms with E-state index in [9.17, 15) is 0 Å². The van der Waals surface area contributed by atoms with Crippen LogP contribution in [-0.2, 0) is 26.7 Å². The Kier molecular flexibility index (Phi) is 8.85. The van der Waals surface area contributed by atoms with Crippen molar-refractivity contribution in [3.8, 4) is 22.3 Å². The summed E-state index contributed by atoms with van der Waals surface area (Å²) in [4.78, 5) is 0. The summed E-state index contributed by atoms with van der Waals surface area (Å²) in [5, 5.41) is 0. The molecule has 4 heteroatoms. The maximum atomic E-state index is 2.30. The Labute approximate surface area is 233 Å². The summed E-state index contributed by atoms with van der Waals surface area (Å²) in [7, 11) is 2.04. The Hall–Kier alpha value is -4.18. The highest BCUT2D eigenvalue weighted by atomic mass is 14.9. The molecule has 0 bridgehead atoms. The van der Waals surface area contributed by atoms with Gasteiger partial charge in [-0.25, -0.2) is 18.3 Å². The van der Waals surface area contributed by atoms with Crippen molar-refractivity contribution in [3.05, 3.63) is 133 Å². The van der Waals surface area contributed by atoms with Gasteiger partial charge in [0.15, 0.2) is 62.7 Å². The van der Waals surface area contributed by atoms with Crippen molar-refractivity contribution in [2.45, 2.75) is 52.2 Å². The van der Waals surface area contributed by atoms with Gasteiger partial charge < -0.3 is 0 Å². The minimum atomic E-state index is 0.863. The minimum absolute atomic E-state index is 0.863. The van der Waals surface area contributed by atoms with Crippen LogP contribution in [0.15, 0.2) is 122 Å². The first kappa shape index (κ1) is 26.4. The fraction of sp³-hybridized carbons (Fsp3) is 0.257. The van der Waals surface area contributed by atoms with Gasteiger partial charge in [-0.05, 0) is 28.7 Å². The van der Waals surface area contributed by atoms with E-state index < -0.39 is 0 Å². The van der Waals surface area contributed by atoms with Gasteiger partial charge in [0, 0.05) is 66.1 Å². The average Bonchev–Trinajstić information content (AvgIpc) is 2.98. The molecular formula is C35H40N4+4. The Morgan fingerprint density at radius 1 is 0.436 bits per heavy atom. The van der Waals surface area contributed by atoms with Gasteiger partial charge in [0.2, 0.25) is 0 Å². The molecule has 0 spiro atoms. The molecule has 196 valence electrons. The molecule has 0 radical (unpaired) electrons. The molecule has 0 aliphatic heterocycles. The quantitative estimate of drug-likeness (QED) is 0.165. The fourth-order valence-corrected chi connectivity index (χ4v) is 4.90. The van der Waals surface area contributed by atoms with E-state index in [1.807, 2.05) is 7.05 Å². The summed E-state index contributed by atoms with van der Waals surface area (Å²) in [6, 6.07) is 26.5. The topological polar surface area (TPSA) is 15.5 Å². The van der Waals surface area contributed by atoms with Gasteiger partial charge in [-0.3, -0.25) is 0 Å². The van der Waals surface area contributed by atoms with Gasteiger partial charge in [-0.2, -0.15) is 0 Å². The van der Waals surface area contributed by atoms with Crippen LogP contribution in [0.1, 0.15) is 43.7 Å². The Bertz CT molecular complexity index is 1440. The molecule has 0 N–H and O–H groups in total. The molecule has 1 aromatic carbocycles. The lowest BCUT2D eigenvalue weighted by Crippen LogP contribution is -2.34. The SMILES string of the molecule is CCCCCC[n+]1ccc(-c2cc[n+](Cc3ccc(C[n+]4ccc(-c5cc[n+](C)cc5)cc4)cc3)cc2)cc1. The number of hydrogen-bond donors (Lipinski definition) is 0. The zero-order valence-corrected chi connectivity index (χ0v) is 23.3. The summed E-state index contributed by atoms with van der Waals surface area (Å²) in [6.07, 6.45) is 22.4. The van der Waals surface area contributed by atoms with E-state index in [0.717, 1.165) is 19.6 Å². The monoisotopic (exact) mass is 516 g/mol. The molecule has 0 amide bonds. The summed E-state index contributed by atoms with van der Waals surface area (Å²) < 4.78 is 8.82. The second-order valence-corrected chi connectivity index (χ2v) is 10.5. The highest BCUT2D eigenvalue weighted by Gasteiger charge is 2.09. The highest BCUT2D eigenvalue weighted by molar-refractivity contribution is 5.61. The van der Waals surface area contributed by atoms with Crippen LogP contribution in [0.5, 0.6) is 0 Å². The molecule has 0 aliphatic carbocycles. The molecule has 4 heterocycles. The summed E-state index contributed by atoms with van der Waals surface area (Å²) in [6.45, 7) is 5.09. The second-order valence-electron chi connectivity index (χ2n) is 10.5. The van der Waals surface area contributed by atoms with Gasteiger partial charge in [-0.15, -0.1) is 0 Å². The smallest absolute Gasteiger partial charge is 0.173 e. The standard InChI is InChI=1S/C35H40N4/c1-3-4-5-6-19-37-22-13-33(14-23-37)35-17-26-39(27-18-35)29-31-9-7-30(8-10-31)28-38-24-15-34(16-25-38)32-11-20-36(2)21-12-32/h7-18,20-27H,3-6,19,28-29H2,1-2H3/q+4. The van der Waals surface area contributed by atoms with Gasteiger partial charge in [0.25, 0.3) is 0 Å². The van der Waals surface area contributed by atoms with Crippen molar-refractivity contribution in [1.82, 2.24) is 0 Å². The van der Waals surface area contributed by atoms with Crippen LogP contribution in [0.2, 0.25) is 0 Å². The van der Waals surface area contributed by atoms with E-state index in [-0.39, 0.29) is 0 Å². The lowest BCUT2D eigenvalue weighted by molar-refractivity contribution is -0.697. The van der Waals surface area contributed by atoms with Crippen LogP contribution in [0, 0.1) is 0 Å². The summed E-state index contributed by atoms with van der Waals surface area (Å²) in [5.74, 6) is 0. The summed E-state index contributed by atoms with van der Waals surface area (Å²) in [5.41, 5.74) is 7.59. The van der Waals surface area contributed by atoms with Gasteiger partial charge in [0.05, 0.1) is 0 Å². The van der Waals surface area contributed by atoms with E-state index in [2.05, 4.69) is 148 Å². The lowest BCUT2D eigenvalue weighted by atomic mass is 10.1. The second kappa shape index (κ2) is 13.1. The van der Waals surface area contributed by atoms with Gasteiger partial charge in [-0.1, -0.05) is 44.0 Å². The van der Waals surface area contributed by atoms with E-state index in [1.54, 1.807) is 0 Å². The van der Waals surface area contributed by atoms with Crippen LogP contribution in [0.3, 0.4) is 0 Å². The molecule has 0 saturated carbocycles. The molecule has 5 rings (SSSR count). The average molecular weight is 517 g/mol. The van der Waals surface area contributed by atoms with E-state index >= 15 is 0 Å². The Balaban J connectivity index is 1.14. The van der Waals surface area contributed by atoms with Crippen LogP contribution in [0.25, 0.3) is 22.3 Å². The zero-order chi connectivity index (χ0) is 26.9. The van der Waals surface area contributed by atoms with Gasteiger partial charge in [0.1, 0.15) is 13.6 Å². The first-order chi connectivity index (χ1) is 19.2. The molecule has 0 unspecified atom stereocenters. The van der Waals surface area contributed by atoms with E-state index in [0.29, 0.717) is 0 Å². The van der Waals surface area contributed by atoms with Crippen molar-refractivity contribution >= 4 is 0 Å². The highest BCUT2D eigenvalue weighted by Crippen LogP contribution is 2.17. The number of nitrogens with zero attached hydrogens (tertiary/aromatic N) is 4. The molecule has 4 nitrogen and oxygen atoms in total. The third-order valence-corrected chi connectivity index (χ3v) is 7.34. The molecule has 0 saturated heterocycles. The summed E-state index contributed by atoms with van der Waals surface area (Å²) >= 11 is 0. The van der Waals surface area contributed by atoms with Crippen LogP contribution < -0.4 is 18.3 Å². The maximum absolute atomic E-state index is 2.30. The first-order valence-electron chi connectivity index (χ1n) is 14.2. The molecule has 0 fully saturated rings. The third kappa shape index (κ3) is 7.44. The number of unbranched alkanes of at least 4 members (excludes halogenated alkanes) is 3. The molecule has 5 aromatic rings. The maximum Gasteiger partial charge on any atom is 0.173 e. The number of hydrogen-bond acceptors (Lipinski definition) is 0. The van der Waals surface area contributed by atoms with Crippen molar-refractivity contribution in [2.24, 2.45) is 7.05 Å². The zero-order valence-electron chi connectivity index (χ0n) is 23.3. The normalized spacial score (nSPS) is 11.0. The Morgan fingerprint density at radius 2 is 0.821 bits per heavy atom. The molecule has 0 atom stereocenters. The number of aryl methyl sites for hydroxylation is 2. The largest absolute Gasteiger partial charge is 0.208 e. The number of rotatable bonds is 11. The van der Waals surface area contributed by atoms with Crippen LogP contribution in [-0.4, -0.2) is 0 Å². The van der Waals surface area contributed by atoms with E-state index in [1.165, 1.54) is 59.1 Å². The fourth-order valence-electron chi connectivity index (χ4n) is 4.90. The van der Waals surface area contributed by atoms with Crippen molar-refractivity contribution in [1.29, 1.82) is 0 Å². The van der Waals surface area contributed by atoms with Gasteiger partial charge >= 0.3 is 0 Å². The van der Waals surface area contributed by atoms with Crippen LogP contribution >= 0.6 is 0 Å².